The standard InChI is InChI=1S/C25H27N7O4S/c1-16-5-4-6-17(2)22(16)20-11-21(29-24(28-20)30-37(34,35)19-12-27-31(3)14-19)36-18-7-10-32(13-18)23(33)25(15-26)8-9-25/h4-6,11-12,14,18H,7-10,13H2,1-3H3,(H,28,29,30). The fourth-order valence-electron chi connectivity index (χ4n) is 4.57. The smallest absolute Gasteiger partial charge is 0.267 e. The predicted octanol–water partition coefficient (Wildman–Crippen LogP) is 2.58. The van der Waals surface area contributed by atoms with Crippen molar-refractivity contribution in [1.29, 1.82) is 5.26 Å². The van der Waals surface area contributed by atoms with Gasteiger partial charge in [0.15, 0.2) is 0 Å². The predicted molar refractivity (Wildman–Crippen MR) is 134 cm³/mol. The maximum absolute atomic E-state index is 12.9. The van der Waals surface area contributed by atoms with E-state index in [0.29, 0.717) is 38.0 Å². The minimum Gasteiger partial charge on any atom is -0.472 e. The van der Waals surface area contributed by atoms with E-state index in [4.69, 9.17) is 4.74 Å². The molecule has 1 saturated carbocycles. The van der Waals surface area contributed by atoms with Crippen LogP contribution in [0.5, 0.6) is 5.88 Å². The number of carbonyl (C=O) groups excluding carboxylic acids is 1. The number of nitriles is 1. The summed E-state index contributed by atoms with van der Waals surface area (Å²) in [7, 11) is -2.36. The molecule has 5 rings (SSSR count). The van der Waals surface area contributed by atoms with E-state index in [1.165, 1.54) is 17.1 Å². The van der Waals surface area contributed by atoms with Crippen LogP contribution >= 0.6 is 0 Å². The van der Waals surface area contributed by atoms with E-state index in [9.17, 15) is 18.5 Å². The van der Waals surface area contributed by atoms with Crippen LogP contribution in [0.1, 0.15) is 30.4 Å². The van der Waals surface area contributed by atoms with Crippen molar-refractivity contribution in [2.45, 2.75) is 44.1 Å². The number of aromatic nitrogens is 4. The van der Waals surface area contributed by atoms with Gasteiger partial charge >= 0.3 is 0 Å². The number of hydrogen-bond acceptors (Lipinski definition) is 8. The number of amides is 1. The Morgan fingerprint density at radius 3 is 2.59 bits per heavy atom. The lowest BCUT2D eigenvalue weighted by molar-refractivity contribution is -0.134. The molecule has 1 aromatic carbocycles. The van der Waals surface area contributed by atoms with Crippen molar-refractivity contribution in [2.75, 3.05) is 17.8 Å². The summed E-state index contributed by atoms with van der Waals surface area (Å²) in [4.78, 5) is 23.3. The Labute approximate surface area is 215 Å². The lowest BCUT2D eigenvalue weighted by atomic mass is 10.00. The fraction of sp³-hybridized carbons (Fsp3) is 0.400. The van der Waals surface area contributed by atoms with Crippen LogP contribution in [0.15, 0.2) is 41.6 Å². The van der Waals surface area contributed by atoms with E-state index in [1.54, 1.807) is 18.0 Å². The van der Waals surface area contributed by atoms with Gasteiger partial charge in [-0.15, -0.1) is 0 Å². The first-order valence-corrected chi connectivity index (χ1v) is 13.4. The summed E-state index contributed by atoms with van der Waals surface area (Å²) in [6.07, 6.45) is 4.04. The molecule has 0 bridgehead atoms. The molecule has 1 N–H and O–H groups in total. The maximum Gasteiger partial charge on any atom is 0.267 e. The molecule has 37 heavy (non-hydrogen) atoms. The van der Waals surface area contributed by atoms with Gasteiger partial charge < -0.3 is 9.64 Å². The Hall–Kier alpha value is -3.98. The normalized spacial score (nSPS) is 18.3. The summed E-state index contributed by atoms with van der Waals surface area (Å²) in [5.41, 5.74) is 2.42. The van der Waals surface area contributed by atoms with Crippen molar-refractivity contribution in [1.82, 2.24) is 24.6 Å². The lowest BCUT2D eigenvalue weighted by Gasteiger charge is -2.19. The van der Waals surface area contributed by atoms with Crippen LogP contribution in [0.4, 0.5) is 5.95 Å². The average Bonchev–Trinajstić information content (AvgIpc) is 3.29. The van der Waals surface area contributed by atoms with Crippen molar-refractivity contribution in [3.8, 4) is 23.2 Å². The Bertz CT molecular complexity index is 1500. The third-order valence-electron chi connectivity index (χ3n) is 6.75. The highest BCUT2D eigenvalue weighted by Crippen LogP contribution is 2.47. The molecule has 2 fully saturated rings. The third-order valence-corrected chi connectivity index (χ3v) is 8.03. The number of benzene rings is 1. The molecule has 1 atom stereocenters. The summed E-state index contributed by atoms with van der Waals surface area (Å²) in [6, 6.07) is 9.68. The molecule has 11 nitrogen and oxygen atoms in total. The number of ether oxygens (including phenoxy) is 1. The molecule has 1 aliphatic heterocycles. The van der Waals surface area contributed by atoms with Gasteiger partial charge in [0.25, 0.3) is 10.0 Å². The summed E-state index contributed by atoms with van der Waals surface area (Å²) >= 11 is 0. The van der Waals surface area contributed by atoms with Gasteiger partial charge in [-0.2, -0.15) is 15.3 Å². The van der Waals surface area contributed by atoms with Crippen LogP contribution in [0.25, 0.3) is 11.3 Å². The summed E-state index contributed by atoms with van der Waals surface area (Å²) in [6.45, 7) is 4.73. The highest BCUT2D eigenvalue weighted by atomic mass is 32.2. The van der Waals surface area contributed by atoms with Crippen molar-refractivity contribution in [3.63, 3.8) is 0 Å². The number of aryl methyl sites for hydroxylation is 3. The Balaban J connectivity index is 1.44. The number of sulfonamides is 1. The molecule has 0 radical (unpaired) electrons. The molecule has 3 aromatic rings. The molecule has 3 heterocycles. The van der Waals surface area contributed by atoms with Gasteiger partial charge in [-0.3, -0.25) is 9.48 Å². The molecule has 2 aliphatic rings. The Kier molecular flexibility index (Phi) is 6.11. The Morgan fingerprint density at radius 2 is 1.97 bits per heavy atom. The first-order chi connectivity index (χ1) is 17.6. The number of carbonyl (C=O) groups is 1. The van der Waals surface area contributed by atoms with Crippen LogP contribution in [-0.2, 0) is 21.9 Å². The topological polar surface area (TPSA) is 143 Å². The van der Waals surface area contributed by atoms with Crippen molar-refractivity contribution in [2.24, 2.45) is 12.5 Å². The van der Waals surface area contributed by atoms with E-state index in [1.807, 2.05) is 32.0 Å². The molecule has 2 aromatic heterocycles. The van der Waals surface area contributed by atoms with E-state index in [2.05, 4.69) is 25.9 Å². The van der Waals surface area contributed by atoms with Gasteiger partial charge in [-0.25, -0.2) is 18.1 Å². The lowest BCUT2D eigenvalue weighted by Crippen LogP contribution is -2.36. The first-order valence-electron chi connectivity index (χ1n) is 11.9. The second kappa shape index (κ2) is 9.15. The third kappa shape index (κ3) is 4.86. The quantitative estimate of drug-likeness (QED) is 0.500. The van der Waals surface area contributed by atoms with E-state index in [-0.39, 0.29) is 28.7 Å². The summed E-state index contributed by atoms with van der Waals surface area (Å²) in [5.74, 6) is -0.0893. The number of anilines is 1. The molecule has 1 saturated heterocycles. The first kappa shape index (κ1) is 24.7. The number of hydrogen-bond donors (Lipinski definition) is 1. The van der Waals surface area contributed by atoms with E-state index < -0.39 is 15.4 Å². The molecule has 0 spiro atoms. The zero-order chi connectivity index (χ0) is 26.4. The average molecular weight is 522 g/mol. The van der Waals surface area contributed by atoms with Gasteiger partial charge in [-0.1, -0.05) is 18.2 Å². The molecular weight excluding hydrogens is 494 g/mol. The van der Waals surface area contributed by atoms with Crippen LogP contribution in [-0.4, -0.2) is 58.2 Å². The van der Waals surface area contributed by atoms with Gasteiger partial charge in [0.2, 0.25) is 17.7 Å². The zero-order valence-electron chi connectivity index (χ0n) is 20.8. The molecule has 192 valence electrons. The van der Waals surface area contributed by atoms with Crippen molar-refractivity contribution < 1.29 is 17.9 Å². The minimum atomic E-state index is -3.99. The molecule has 1 amide bonds. The van der Waals surface area contributed by atoms with E-state index >= 15 is 0 Å². The minimum absolute atomic E-state index is 0.0185. The monoisotopic (exact) mass is 521 g/mol. The van der Waals surface area contributed by atoms with Crippen molar-refractivity contribution >= 4 is 21.9 Å². The molecule has 12 heteroatoms. The summed E-state index contributed by atoms with van der Waals surface area (Å²) < 4.78 is 35.9. The highest BCUT2D eigenvalue weighted by Gasteiger charge is 2.53. The number of nitrogens with one attached hydrogen (secondary N) is 1. The number of rotatable bonds is 7. The van der Waals surface area contributed by atoms with Gasteiger partial charge in [-0.05, 0) is 37.8 Å². The van der Waals surface area contributed by atoms with Gasteiger partial charge in [0.05, 0.1) is 24.5 Å². The fourth-order valence-corrected chi connectivity index (χ4v) is 5.50. The summed E-state index contributed by atoms with van der Waals surface area (Å²) in [5, 5.41) is 13.3. The van der Waals surface area contributed by atoms with Gasteiger partial charge in [0, 0.05) is 37.8 Å². The molecular formula is C25H27N7O4S. The number of likely N-dealkylation sites (tertiary alicyclic amines) is 1. The van der Waals surface area contributed by atoms with Crippen molar-refractivity contribution in [3.05, 3.63) is 47.8 Å². The van der Waals surface area contributed by atoms with Crippen LogP contribution < -0.4 is 9.46 Å². The second-order valence-corrected chi connectivity index (χ2v) is 11.3. The molecule has 1 unspecified atom stereocenters. The maximum atomic E-state index is 12.9. The van der Waals surface area contributed by atoms with Gasteiger partial charge in [0.1, 0.15) is 16.4 Å². The molecule has 1 aliphatic carbocycles. The Morgan fingerprint density at radius 1 is 1.24 bits per heavy atom. The highest BCUT2D eigenvalue weighted by molar-refractivity contribution is 7.92. The SMILES string of the molecule is Cc1cccc(C)c1-c1cc(OC2CCN(C(=O)C3(C#N)CC3)C2)nc(NS(=O)(=O)c2cnn(C)c2)n1. The van der Waals surface area contributed by atoms with Crippen LogP contribution in [0.3, 0.4) is 0 Å². The largest absolute Gasteiger partial charge is 0.472 e. The second-order valence-electron chi connectivity index (χ2n) is 9.61. The van der Waals surface area contributed by atoms with Crippen LogP contribution in [0, 0.1) is 30.6 Å². The van der Waals surface area contributed by atoms with E-state index in [0.717, 1.165) is 16.7 Å². The zero-order valence-corrected chi connectivity index (χ0v) is 21.6. The number of nitrogens with zero attached hydrogens (tertiary/aromatic N) is 6. The van der Waals surface area contributed by atoms with Crippen LogP contribution in [0.2, 0.25) is 0 Å².